The minimum atomic E-state index is -1.20. The SMILES string of the molecule is CCCCCc1ncc(-c2cnc(C)c([C@H](OC(C)(C)C)C(=O)O)c2N2CCC(C)(C)CC2)cc1F. The quantitative estimate of drug-likeness (QED) is 0.379. The molecule has 1 N–H and O–H groups in total. The molecule has 36 heavy (non-hydrogen) atoms. The average Bonchev–Trinajstić information content (AvgIpc) is 2.78. The molecule has 2 aromatic heterocycles. The molecule has 198 valence electrons. The van der Waals surface area contributed by atoms with Gasteiger partial charge in [0.2, 0.25) is 0 Å². The maximum Gasteiger partial charge on any atom is 0.337 e. The number of carboxylic acid groups (broad SMARTS) is 1. The Labute approximate surface area is 215 Å². The van der Waals surface area contributed by atoms with Crippen LogP contribution in [0, 0.1) is 18.2 Å². The van der Waals surface area contributed by atoms with Crippen molar-refractivity contribution in [3.05, 3.63) is 41.2 Å². The van der Waals surface area contributed by atoms with Crippen LogP contribution in [0.3, 0.4) is 0 Å². The molecule has 0 amide bonds. The number of carboxylic acids is 1. The van der Waals surface area contributed by atoms with Gasteiger partial charge >= 0.3 is 5.97 Å². The summed E-state index contributed by atoms with van der Waals surface area (Å²) in [6.07, 6.45) is 7.75. The summed E-state index contributed by atoms with van der Waals surface area (Å²) < 4.78 is 21.2. The second-order valence-corrected chi connectivity index (χ2v) is 11.7. The predicted molar refractivity (Wildman–Crippen MR) is 142 cm³/mol. The van der Waals surface area contributed by atoms with Crippen molar-refractivity contribution in [3.8, 4) is 11.1 Å². The minimum Gasteiger partial charge on any atom is -0.479 e. The number of unbranched alkanes of at least 4 members (excludes halogenated alkanes) is 2. The first-order chi connectivity index (χ1) is 16.8. The molecule has 0 aromatic carbocycles. The van der Waals surface area contributed by atoms with Gasteiger partial charge in [0.15, 0.2) is 6.10 Å². The van der Waals surface area contributed by atoms with Gasteiger partial charge in [-0.05, 0) is 64.9 Å². The number of anilines is 1. The zero-order valence-corrected chi connectivity index (χ0v) is 22.9. The highest BCUT2D eigenvalue weighted by atomic mass is 19.1. The maximum absolute atomic E-state index is 15.1. The Morgan fingerprint density at radius 1 is 1.19 bits per heavy atom. The van der Waals surface area contributed by atoms with E-state index in [2.05, 4.69) is 35.6 Å². The highest BCUT2D eigenvalue weighted by Gasteiger charge is 2.35. The summed E-state index contributed by atoms with van der Waals surface area (Å²) in [5.41, 5.74) is 3.16. The van der Waals surface area contributed by atoms with Crippen LogP contribution in [0.1, 0.15) is 96.7 Å². The Morgan fingerprint density at radius 2 is 1.86 bits per heavy atom. The number of rotatable bonds is 9. The minimum absolute atomic E-state index is 0.209. The molecule has 1 aliphatic rings. The summed E-state index contributed by atoms with van der Waals surface area (Å²) >= 11 is 0. The normalized spacial score (nSPS) is 16.7. The van der Waals surface area contributed by atoms with Crippen LogP contribution in [0.25, 0.3) is 11.1 Å². The summed E-state index contributed by atoms with van der Waals surface area (Å²) in [6.45, 7) is 15.5. The monoisotopic (exact) mass is 499 g/mol. The number of halogens is 1. The number of hydrogen-bond acceptors (Lipinski definition) is 5. The van der Waals surface area contributed by atoms with Crippen LogP contribution < -0.4 is 4.90 Å². The molecule has 0 spiro atoms. The van der Waals surface area contributed by atoms with E-state index in [1.807, 2.05) is 27.7 Å². The van der Waals surface area contributed by atoms with Gasteiger partial charge in [0.1, 0.15) is 5.82 Å². The predicted octanol–water partition coefficient (Wildman–Crippen LogP) is 6.89. The Balaban J connectivity index is 2.16. The van der Waals surface area contributed by atoms with Crippen molar-refractivity contribution in [1.29, 1.82) is 0 Å². The molecule has 6 nitrogen and oxygen atoms in total. The van der Waals surface area contributed by atoms with Crippen molar-refractivity contribution in [3.63, 3.8) is 0 Å². The summed E-state index contributed by atoms with van der Waals surface area (Å²) in [5, 5.41) is 10.2. The van der Waals surface area contributed by atoms with E-state index in [0.717, 1.165) is 50.9 Å². The fourth-order valence-corrected chi connectivity index (χ4v) is 4.74. The van der Waals surface area contributed by atoms with Gasteiger partial charge in [-0.2, -0.15) is 0 Å². The van der Waals surface area contributed by atoms with Crippen molar-refractivity contribution in [2.45, 2.75) is 98.7 Å². The molecule has 0 unspecified atom stereocenters. The standard InChI is InChI=1S/C29H42FN3O3/c1-8-9-10-11-23-22(30)16-20(17-32-23)21-18-31-19(2)24(26(27(34)35)36-28(3,4)5)25(21)33-14-12-29(6,7)13-15-33/h16-18,26H,8-15H2,1-7H3,(H,34,35)/t26-/m0/s1. The van der Waals surface area contributed by atoms with Gasteiger partial charge in [-0.1, -0.05) is 33.6 Å². The van der Waals surface area contributed by atoms with Gasteiger partial charge < -0.3 is 14.7 Å². The number of piperidine rings is 1. The van der Waals surface area contributed by atoms with Crippen LogP contribution in [-0.4, -0.2) is 39.7 Å². The summed E-state index contributed by atoms with van der Waals surface area (Å²) in [6, 6.07) is 1.52. The molecule has 7 heteroatoms. The van der Waals surface area contributed by atoms with E-state index in [4.69, 9.17) is 4.74 Å². The summed E-state index contributed by atoms with van der Waals surface area (Å²) in [5.74, 6) is -1.40. The second-order valence-electron chi connectivity index (χ2n) is 11.7. The fraction of sp³-hybridized carbons (Fsp3) is 0.621. The van der Waals surface area contributed by atoms with Crippen LogP contribution in [0.5, 0.6) is 0 Å². The maximum atomic E-state index is 15.1. The van der Waals surface area contributed by atoms with E-state index in [1.165, 1.54) is 6.07 Å². The first-order valence-corrected chi connectivity index (χ1v) is 13.1. The van der Waals surface area contributed by atoms with Gasteiger partial charge in [0.25, 0.3) is 0 Å². The smallest absolute Gasteiger partial charge is 0.337 e. The molecule has 1 atom stereocenters. The van der Waals surface area contributed by atoms with Crippen LogP contribution in [-0.2, 0) is 16.0 Å². The number of nitrogens with zero attached hydrogens (tertiary/aromatic N) is 3. The van der Waals surface area contributed by atoms with Gasteiger partial charge in [0, 0.05) is 47.9 Å². The number of ether oxygens (including phenoxy) is 1. The topological polar surface area (TPSA) is 75.5 Å². The van der Waals surface area contributed by atoms with Gasteiger partial charge in [0.05, 0.1) is 17.0 Å². The van der Waals surface area contributed by atoms with E-state index in [9.17, 15) is 9.90 Å². The number of aliphatic carboxylic acids is 1. The van der Waals surface area contributed by atoms with Crippen molar-refractivity contribution in [1.82, 2.24) is 9.97 Å². The van der Waals surface area contributed by atoms with E-state index in [0.29, 0.717) is 34.5 Å². The number of carbonyl (C=O) groups is 1. The first kappa shape index (κ1) is 28.0. The van der Waals surface area contributed by atoms with Crippen LogP contribution in [0.2, 0.25) is 0 Å². The van der Waals surface area contributed by atoms with E-state index in [-0.39, 0.29) is 11.2 Å². The lowest BCUT2D eigenvalue weighted by Crippen LogP contribution is -2.39. The Morgan fingerprint density at radius 3 is 2.42 bits per heavy atom. The molecule has 1 saturated heterocycles. The molecule has 0 bridgehead atoms. The zero-order valence-electron chi connectivity index (χ0n) is 22.9. The fourth-order valence-electron chi connectivity index (χ4n) is 4.74. The van der Waals surface area contributed by atoms with Crippen LogP contribution >= 0.6 is 0 Å². The lowest BCUT2D eigenvalue weighted by molar-refractivity contribution is -0.160. The van der Waals surface area contributed by atoms with E-state index in [1.54, 1.807) is 12.4 Å². The Kier molecular flexibility index (Phi) is 8.75. The molecular weight excluding hydrogens is 457 g/mol. The van der Waals surface area contributed by atoms with E-state index >= 15 is 4.39 Å². The lowest BCUT2D eigenvalue weighted by atomic mass is 9.82. The third kappa shape index (κ3) is 6.81. The number of pyridine rings is 2. The van der Waals surface area contributed by atoms with Crippen molar-refractivity contribution < 1.29 is 19.0 Å². The highest BCUT2D eigenvalue weighted by molar-refractivity contribution is 5.86. The molecule has 0 saturated carbocycles. The number of aromatic nitrogens is 2. The van der Waals surface area contributed by atoms with Crippen LogP contribution in [0.15, 0.2) is 18.5 Å². The summed E-state index contributed by atoms with van der Waals surface area (Å²) in [7, 11) is 0. The largest absolute Gasteiger partial charge is 0.479 e. The van der Waals surface area contributed by atoms with Gasteiger partial charge in [-0.15, -0.1) is 0 Å². The second kappa shape index (κ2) is 11.2. The van der Waals surface area contributed by atoms with Gasteiger partial charge in [-0.25, -0.2) is 9.18 Å². The molecule has 2 aromatic rings. The van der Waals surface area contributed by atoms with Crippen molar-refractivity contribution in [2.75, 3.05) is 18.0 Å². The van der Waals surface area contributed by atoms with Crippen molar-refractivity contribution >= 4 is 11.7 Å². The number of hydrogen-bond donors (Lipinski definition) is 1. The van der Waals surface area contributed by atoms with Crippen molar-refractivity contribution in [2.24, 2.45) is 5.41 Å². The highest BCUT2D eigenvalue weighted by Crippen LogP contribution is 2.43. The molecule has 3 heterocycles. The lowest BCUT2D eigenvalue weighted by Gasteiger charge is -2.40. The molecule has 3 rings (SSSR count). The first-order valence-electron chi connectivity index (χ1n) is 13.1. The Hall–Kier alpha value is -2.54. The Bertz CT molecular complexity index is 1070. The molecular formula is C29H42FN3O3. The number of aryl methyl sites for hydroxylation is 2. The molecule has 0 radical (unpaired) electrons. The summed E-state index contributed by atoms with van der Waals surface area (Å²) in [4.78, 5) is 23.7. The van der Waals surface area contributed by atoms with E-state index < -0.39 is 17.7 Å². The third-order valence-corrected chi connectivity index (χ3v) is 6.92. The average molecular weight is 500 g/mol. The third-order valence-electron chi connectivity index (χ3n) is 6.92. The van der Waals surface area contributed by atoms with Gasteiger partial charge in [-0.3, -0.25) is 9.97 Å². The zero-order chi connectivity index (χ0) is 26.7. The molecule has 1 aliphatic heterocycles. The van der Waals surface area contributed by atoms with Crippen LogP contribution in [0.4, 0.5) is 10.1 Å². The molecule has 1 fully saturated rings. The molecule has 0 aliphatic carbocycles.